The SMILES string of the molecule is CC(N)C(Sc1ncccc1Br)c1ccsc1. The van der Waals surface area contributed by atoms with Gasteiger partial charge in [0.05, 0.1) is 5.25 Å². The molecule has 2 rings (SSSR count). The van der Waals surface area contributed by atoms with Crippen LogP contribution in [-0.4, -0.2) is 11.0 Å². The lowest BCUT2D eigenvalue weighted by Gasteiger charge is -2.19. The van der Waals surface area contributed by atoms with E-state index in [9.17, 15) is 0 Å². The van der Waals surface area contributed by atoms with Gasteiger partial charge in [0.2, 0.25) is 0 Å². The number of pyridine rings is 1. The van der Waals surface area contributed by atoms with Crippen LogP contribution in [0.3, 0.4) is 0 Å². The van der Waals surface area contributed by atoms with Crippen molar-refractivity contribution in [3.8, 4) is 0 Å². The molecule has 2 aromatic heterocycles. The molecule has 0 aliphatic rings. The fourth-order valence-corrected chi connectivity index (χ4v) is 3.85. The Labute approximate surface area is 118 Å². The Kier molecular flexibility index (Phi) is 4.62. The molecule has 2 heterocycles. The highest BCUT2D eigenvalue weighted by Gasteiger charge is 2.19. The molecule has 0 aliphatic carbocycles. The van der Waals surface area contributed by atoms with Crippen LogP contribution in [0.4, 0.5) is 0 Å². The highest BCUT2D eigenvalue weighted by atomic mass is 79.9. The van der Waals surface area contributed by atoms with Crippen molar-refractivity contribution < 1.29 is 0 Å². The normalized spacial score (nSPS) is 14.5. The van der Waals surface area contributed by atoms with Crippen LogP contribution in [0.5, 0.6) is 0 Å². The summed E-state index contributed by atoms with van der Waals surface area (Å²) in [6, 6.07) is 6.13. The minimum atomic E-state index is 0.0866. The van der Waals surface area contributed by atoms with Gasteiger partial charge >= 0.3 is 0 Å². The molecule has 0 radical (unpaired) electrons. The molecule has 0 saturated carbocycles. The second-order valence-electron chi connectivity index (χ2n) is 3.74. The lowest BCUT2D eigenvalue weighted by molar-refractivity contribution is 0.721. The van der Waals surface area contributed by atoms with Gasteiger partial charge in [-0.15, -0.1) is 0 Å². The third-order valence-corrected chi connectivity index (χ3v) is 5.42. The van der Waals surface area contributed by atoms with E-state index in [1.165, 1.54) is 5.56 Å². The lowest BCUT2D eigenvalue weighted by Crippen LogP contribution is -2.22. The van der Waals surface area contributed by atoms with Crippen LogP contribution in [0.15, 0.2) is 44.7 Å². The molecule has 0 bridgehead atoms. The predicted molar refractivity (Wildman–Crippen MR) is 78.5 cm³/mol. The number of nitrogens with two attached hydrogens (primary N) is 1. The first kappa shape index (κ1) is 13.1. The average Bonchev–Trinajstić information content (AvgIpc) is 2.81. The van der Waals surface area contributed by atoms with Crippen molar-refractivity contribution in [2.24, 2.45) is 5.73 Å². The van der Waals surface area contributed by atoms with E-state index in [0.717, 1.165) is 9.50 Å². The fraction of sp³-hybridized carbons (Fsp3) is 0.250. The zero-order valence-electron chi connectivity index (χ0n) is 9.34. The first-order valence-corrected chi connectivity index (χ1v) is 7.85. The maximum Gasteiger partial charge on any atom is 0.111 e. The van der Waals surface area contributed by atoms with Gasteiger partial charge in [0.15, 0.2) is 0 Å². The molecule has 0 aromatic carbocycles. The van der Waals surface area contributed by atoms with Crippen molar-refractivity contribution in [2.45, 2.75) is 23.2 Å². The van der Waals surface area contributed by atoms with E-state index in [-0.39, 0.29) is 11.3 Å². The van der Waals surface area contributed by atoms with Gasteiger partial charge in [-0.05, 0) is 57.4 Å². The summed E-state index contributed by atoms with van der Waals surface area (Å²) in [5.41, 5.74) is 7.34. The predicted octanol–water partition coefficient (Wildman–Crippen LogP) is 4.09. The average molecular weight is 329 g/mol. The van der Waals surface area contributed by atoms with Gasteiger partial charge in [0, 0.05) is 16.7 Å². The van der Waals surface area contributed by atoms with Gasteiger partial charge in [0.1, 0.15) is 5.03 Å². The third kappa shape index (κ3) is 3.31. The fourth-order valence-electron chi connectivity index (χ4n) is 1.49. The quantitative estimate of drug-likeness (QED) is 0.859. The van der Waals surface area contributed by atoms with Crippen molar-refractivity contribution in [3.05, 3.63) is 45.2 Å². The number of thiophene rings is 1. The third-order valence-electron chi connectivity index (χ3n) is 2.31. The molecule has 0 saturated heterocycles. The summed E-state index contributed by atoms with van der Waals surface area (Å²) in [5, 5.41) is 5.46. The number of hydrogen-bond donors (Lipinski definition) is 1. The summed E-state index contributed by atoms with van der Waals surface area (Å²) in [6.45, 7) is 2.03. The molecule has 2 N–H and O–H groups in total. The number of nitrogens with zero attached hydrogens (tertiary/aromatic N) is 1. The summed E-state index contributed by atoms with van der Waals surface area (Å²) in [7, 11) is 0. The van der Waals surface area contributed by atoms with Gasteiger partial charge in [-0.2, -0.15) is 11.3 Å². The van der Waals surface area contributed by atoms with Crippen LogP contribution in [0.2, 0.25) is 0 Å². The van der Waals surface area contributed by atoms with E-state index < -0.39 is 0 Å². The number of halogens is 1. The molecule has 0 spiro atoms. The maximum atomic E-state index is 6.07. The zero-order valence-corrected chi connectivity index (χ0v) is 12.6. The van der Waals surface area contributed by atoms with Gasteiger partial charge in [-0.25, -0.2) is 4.98 Å². The first-order chi connectivity index (χ1) is 8.18. The van der Waals surface area contributed by atoms with Gasteiger partial charge in [0.25, 0.3) is 0 Å². The molecule has 0 fully saturated rings. The van der Waals surface area contributed by atoms with Crippen molar-refractivity contribution in [1.29, 1.82) is 0 Å². The number of thioether (sulfide) groups is 1. The second kappa shape index (κ2) is 6.00. The summed E-state index contributed by atoms with van der Waals surface area (Å²) in [4.78, 5) is 4.37. The smallest absolute Gasteiger partial charge is 0.111 e. The van der Waals surface area contributed by atoms with Crippen LogP contribution >= 0.6 is 39.0 Å². The van der Waals surface area contributed by atoms with Crippen LogP contribution in [0.1, 0.15) is 17.7 Å². The minimum Gasteiger partial charge on any atom is -0.327 e. The standard InChI is InChI=1S/C12H13BrN2S2/c1-8(14)11(9-4-6-16-7-9)17-12-10(13)3-2-5-15-12/h2-8,11H,14H2,1H3. The highest BCUT2D eigenvalue weighted by molar-refractivity contribution is 9.10. The summed E-state index contributed by atoms with van der Waals surface area (Å²) >= 11 is 6.92. The monoisotopic (exact) mass is 328 g/mol. The van der Waals surface area contributed by atoms with Gasteiger partial charge in [-0.3, -0.25) is 0 Å². The van der Waals surface area contributed by atoms with Gasteiger partial charge in [-0.1, -0.05) is 11.8 Å². The van der Waals surface area contributed by atoms with E-state index in [0.29, 0.717) is 0 Å². The van der Waals surface area contributed by atoms with E-state index in [1.807, 2.05) is 19.1 Å². The van der Waals surface area contributed by atoms with Crippen molar-refractivity contribution in [2.75, 3.05) is 0 Å². The second-order valence-corrected chi connectivity index (χ2v) is 6.51. The Morgan fingerprint density at radius 3 is 2.88 bits per heavy atom. The molecule has 17 heavy (non-hydrogen) atoms. The molecule has 2 nitrogen and oxygen atoms in total. The first-order valence-electron chi connectivity index (χ1n) is 5.23. The Bertz CT molecular complexity index is 471. The Hall–Kier alpha value is -0.360. The maximum absolute atomic E-state index is 6.07. The number of aromatic nitrogens is 1. The zero-order chi connectivity index (χ0) is 12.3. The van der Waals surface area contributed by atoms with Gasteiger partial charge < -0.3 is 5.73 Å². The number of rotatable bonds is 4. The van der Waals surface area contributed by atoms with Crippen LogP contribution in [0, 0.1) is 0 Å². The van der Waals surface area contributed by atoms with Crippen molar-refractivity contribution >= 4 is 39.0 Å². The summed E-state index contributed by atoms with van der Waals surface area (Å²) in [6.07, 6.45) is 1.80. The molecule has 90 valence electrons. The molecule has 2 atom stereocenters. The molecular weight excluding hydrogens is 316 g/mol. The van der Waals surface area contributed by atoms with E-state index in [4.69, 9.17) is 5.73 Å². The molecule has 0 aliphatic heterocycles. The Balaban J connectivity index is 2.23. The minimum absolute atomic E-state index is 0.0866. The largest absolute Gasteiger partial charge is 0.327 e. The Morgan fingerprint density at radius 2 is 2.29 bits per heavy atom. The van der Waals surface area contributed by atoms with Crippen LogP contribution < -0.4 is 5.73 Å². The molecule has 2 aromatic rings. The van der Waals surface area contributed by atoms with Crippen molar-refractivity contribution in [1.82, 2.24) is 4.98 Å². The topological polar surface area (TPSA) is 38.9 Å². The van der Waals surface area contributed by atoms with Crippen LogP contribution in [-0.2, 0) is 0 Å². The van der Waals surface area contributed by atoms with E-state index in [1.54, 1.807) is 29.3 Å². The molecular formula is C12H13BrN2S2. The van der Waals surface area contributed by atoms with Crippen LogP contribution in [0.25, 0.3) is 0 Å². The summed E-state index contributed by atoms with van der Waals surface area (Å²) < 4.78 is 1.02. The van der Waals surface area contributed by atoms with E-state index >= 15 is 0 Å². The molecule has 5 heteroatoms. The highest BCUT2D eigenvalue weighted by Crippen LogP contribution is 2.39. The summed E-state index contributed by atoms with van der Waals surface area (Å²) in [5.74, 6) is 0. The van der Waals surface area contributed by atoms with Crippen molar-refractivity contribution in [3.63, 3.8) is 0 Å². The molecule has 2 unspecified atom stereocenters. The molecule has 0 amide bonds. The lowest BCUT2D eigenvalue weighted by atomic mass is 10.1. The number of hydrogen-bond acceptors (Lipinski definition) is 4. The Morgan fingerprint density at radius 1 is 1.47 bits per heavy atom. The van der Waals surface area contributed by atoms with E-state index in [2.05, 4.69) is 37.7 Å².